The summed E-state index contributed by atoms with van der Waals surface area (Å²) >= 11 is 0. The van der Waals surface area contributed by atoms with Gasteiger partial charge in [0.25, 0.3) is 0 Å². The maximum atomic E-state index is 12.1. The van der Waals surface area contributed by atoms with Crippen molar-refractivity contribution >= 4 is 18.2 Å². The van der Waals surface area contributed by atoms with Gasteiger partial charge in [-0.25, -0.2) is 0 Å². The summed E-state index contributed by atoms with van der Waals surface area (Å²) in [5, 5.41) is 2.21. The van der Waals surface area contributed by atoms with Gasteiger partial charge >= 0.3 is 0 Å². The highest BCUT2D eigenvalue weighted by atomic mass is 35.5. The highest BCUT2D eigenvalue weighted by Gasteiger charge is 2.18. The largest absolute Gasteiger partial charge is 0.454 e. The molecular weight excluding hydrogens is 230 g/mol. The molecule has 2 rings (SSSR count). The van der Waals surface area contributed by atoms with Gasteiger partial charge in [-0.3, -0.25) is 4.79 Å². The van der Waals surface area contributed by atoms with Crippen molar-refractivity contribution in [2.24, 2.45) is 0 Å². The Morgan fingerprint density at radius 1 is 1.56 bits per heavy atom. The average molecular weight is 249 g/mol. The number of hydrogen-bond donors (Lipinski definition) is 1. The van der Waals surface area contributed by atoms with Crippen LogP contribution < -0.4 is 14.8 Å². The number of benzene rings is 1. The fourth-order valence-electron chi connectivity index (χ4n) is 1.25. The predicted octanol–water partition coefficient (Wildman–Crippen LogP) is 1.63. The van der Waals surface area contributed by atoms with Crippen LogP contribution in [-0.4, -0.2) is 25.5 Å². The van der Waals surface area contributed by atoms with E-state index in [1.54, 1.807) is 0 Å². The summed E-state index contributed by atoms with van der Waals surface area (Å²) in [5.74, 6) is -0.120. The number of rotatable bonds is 3. The van der Waals surface area contributed by atoms with E-state index in [1.165, 1.54) is 25.1 Å². The highest BCUT2D eigenvalue weighted by Crippen LogP contribution is 2.32. The monoisotopic (exact) mass is 248 g/mol. The number of hydrogen-bond acceptors (Lipinski definition) is 4. The van der Waals surface area contributed by atoms with Gasteiger partial charge in [0.05, 0.1) is 6.04 Å². The molecule has 0 unspecified atom stereocenters. The summed E-state index contributed by atoms with van der Waals surface area (Å²) in [6.07, 6.45) is 0. The minimum atomic E-state index is -2.41. The van der Waals surface area contributed by atoms with Crippen LogP contribution in [0.3, 0.4) is 0 Å². The van der Waals surface area contributed by atoms with Gasteiger partial charge < -0.3 is 14.8 Å². The lowest BCUT2D eigenvalue weighted by Gasteiger charge is -2.09. The Hall–Kier alpha value is -1.26. The zero-order valence-corrected chi connectivity index (χ0v) is 9.26. The molecule has 0 aromatic heterocycles. The molecule has 1 aromatic carbocycles. The Balaban J connectivity index is 0.00000220. The highest BCUT2D eigenvalue weighted by molar-refractivity contribution is 6.00. The van der Waals surface area contributed by atoms with Gasteiger partial charge in [-0.1, -0.05) is 0 Å². The molecule has 0 aliphatic carbocycles. The van der Waals surface area contributed by atoms with Crippen LogP contribution in [0.2, 0.25) is 0 Å². The lowest BCUT2D eigenvalue weighted by molar-refractivity contribution is 0.0954. The molecular formula is C11H14ClNO3. The smallest absolute Gasteiger partial charge is 0.231 e. The topological polar surface area (TPSA) is 47.6 Å². The third kappa shape index (κ3) is 2.28. The molecule has 0 amide bonds. The first kappa shape index (κ1) is 7.14. The van der Waals surface area contributed by atoms with Crippen LogP contribution in [0.15, 0.2) is 18.2 Å². The Kier molecular flexibility index (Phi) is 2.31. The van der Waals surface area contributed by atoms with Crippen molar-refractivity contribution in [1.82, 2.24) is 5.32 Å². The zero-order chi connectivity index (χ0) is 15.1. The maximum Gasteiger partial charge on any atom is 0.231 e. The molecule has 5 heteroatoms. The number of carbonyl (C=O) groups excluding carboxylic acids is 1. The van der Waals surface area contributed by atoms with Gasteiger partial charge in [0.1, 0.15) is 2.74 Å². The second-order valence-corrected chi connectivity index (χ2v) is 3.18. The normalized spacial score (nSPS) is 22.7. The second kappa shape index (κ2) is 5.18. The Morgan fingerprint density at radius 3 is 3.06 bits per heavy atom. The van der Waals surface area contributed by atoms with Gasteiger partial charge in [-0.05, 0) is 32.1 Å². The van der Waals surface area contributed by atoms with Gasteiger partial charge in [0, 0.05) is 9.68 Å². The van der Waals surface area contributed by atoms with Crippen LogP contribution in [-0.2, 0) is 0 Å². The first-order chi connectivity index (χ1) is 9.07. The van der Waals surface area contributed by atoms with E-state index in [0.717, 1.165) is 0 Å². The van der Waals surface area contributed by atoms with Gasteiger partial charge in [-0.15, -0.1) is 12.4 Å². The van der Waals surface area contributed by atoms with Crippen molar-refractivity contribution in [1.29, 1.82) is 0 Å². The van der Waals surface area contributed by atoms with E-state index >= 15 is 0 Å². The third-order valence-corrected chi connectivity index (χ3v) is 2.14. The Bertz CT molecular complexity index is 549. The summed E-state index contributed by atoms with van der Waals surface area (Å²) in [6, 6.07) is 3.28. The molecule has 0 spiro atoms. The molecule has 0 bridgehead atoms. The van der Waals surface area contributed by atoms with Crippen molar-refractivity contribution in [3.8, 4) is 11.5 Å². The average Bonchev–Trinajstić information content (AvgIpc) is 2.58. The Labute approximate surface area is 107 Å². The lowest BCUT2D eigenvalue weighted by Crippen LogP contribution is -2.30. The number of Topliss-reactive ketones (excluding diaryl/α,β-unsaturated/α-hetero) is 1. The Morgan fingerprint density at radius 2 is 2.31 bits per heavy atom. The van der Waals surface area contributed by atoms with E-state index in [-0.39, 0.29) is 29.5 Å². The van der Waals surface area contributed by atoms with Crippen molar-refractivity contribution in [2.75, 3.05) is 13.7 Å². The number of carbonyl (C=O) groups is 1. The van der Waals surface area contributed by atoms with Crippen molar-refractivity contribution < 1.29 is 21.1 Å². The molecule has 88 valence electrons. The SMILES string of the molecule is Cl.[2H]C([2H])([2H])N[C@H](C)C(=O)c1ccc2c(c1)OC([2H])([2H])O2. The molecule has 1 heterocycles. The molecule has 1 aliphatic heterocycles. The van der Waals surface area contributed by atoms with E-state index in [4.69, 9.17) is 16.3 Å². The van der Waals surface area contributed by atoms with E-state index in [0.29, 0.717) is 0 Å². The van der Waals surface area contributed by atoms with Crippen molar-refractivity contribution in [2.45, 2.75) is 13.0 Å². The van der Waals surface area contributed by atoms with Crippen LogP contribution in [0.25, 0.3) is 0 Å². The molecule has 0 radical (unpaired) electrons. The van der Waals surface area contributed by atoms with Gasteiger partial charge in [0.15, 0.2) is 17.3 Å². The fourth-order valence-corrected chi connectivity index (χ4v) is 1.25. The van der Waals surface area contributed by atoms with Gasteiger partial charge in [0.2, 0.25) is 6.75 Å². The van der Waals surface area contributed by atoms with Crippen LogP contribution in [0, 0.1) is 0 Å². The summed E-state index contributed by atoms with van der Waals surface area (Å²) in [4.78, 5) is 12.1. The van der Waals surface area contributed by atoms with E-state index in [1.807, 2.05) is 0 Å². The van der Waals surface area contributed by atoms with E-state index in [9.17, 15) is 4.79 Å². The fraction of sp³-hybridized carbons (Fsp3) is 0.364. The quantitative estimate of drug-likeness (QED) is 0.826. The molecule has 0 fully saturated rings. The molecule has 4 nitrogen and oxygen atoms in total. The molecule has 16 heavy (non-hydrogen) atoms. The number of fused-ring (bicyclic) bond motifs is 1. The second-order valence-electron chi connectivity index (χ2n) is 3.18. The van der Waals surface area contributed by atoms with E-state index in [2.05, 4.69) is 5.32 Å². The molecule has 1 atom stereocenters. The lowest BCUT2D eigenvalue weighted by atomic mass is 10.1. The zero-order valence-electron chi connectivity index (χ0n) is 13.4. The summed E-state index contributed by atoms with van der Waals surface area (Å²) in [5.41, 5.74) is 0.217. The van der Waals surface area contributed by atoms with Gasteiger partial charge in [-0.2, -0.15) is 0 Å². The number of likely N-dealkylation sites (N-methyl/N-ethyl adjacent to an activating group) is 1. The standard InChI is InChI=1S/C11H13NO3.ClH/c1-7(12-2)11(13)8-3-4-9-10(5-8)15-6-14-9;/h3-5,7,12H,6H2,1-2H3;1H/t7-;/m1./s1/i2D3,6D2;. The predicted molar refractivity (Wildman–Crippen MR) is 62.7 cm³/mol. The molecule has 1 N–H and O–H groups in total. The number of halogens is 1. The van der Waals surface area contributed by atoms with Crippen LogP contribution in [0.4, 0.5) is 0 Å². The van der Waals surface area contributed by atoms with E-state index < -0.39 is 25.5 Å². The number of nitrogens with one attached hydrogen (secondary N) is 1. The summed E-state index contributed by atoms with van der Waals surface area (Å²) in [7, 11) is 0. The van der Waals surface area contributed by atoms with Crippen LogP contribution in [0.5, 0.6) is 11.5 Å². The number of ether oxygens (including phenoxy) is 2. The minimum Gasteiger partial charge on any atom is -0.454 e. The molecule has 0 saturated carbocycles. The summed E-state index contributed by atoms with van der Waals surface area (Å²) < 4.78 is 45.6. The third-order valence-electron chi connectivity index (χ3n) is 2.14. The molecule has 1 aromatic rings. The molecule has 0 saturated heterocycles. The first-order valence-corrected chi connectivity index (χ1v) is 4.41. The minimum absolute atomic E-state index is 0. The van der Waals surface area contributed by atoms with Crippen molar-refractivity contribution in [3.05, 3.63) is 23.8 Å². The molecule has 1 aliphatic rings. The summed E-state index contributed by atoms with van der Waals surface area (Å²) in [6.45, 7) is -3.23. The van der Waals surface area contributed by atoms with Crippen molar-refractivity contribution in [3.63, 3.8) is 0 Å². The number of ketones is 1. The van der Waals surface area contributed by atoms with Crippen LogP contribution in [0.1, 0.15) is 24.1 Å². The first-order valence-electron chi connectivity index (χ1n) is 6.91. The maximum absolute atomic E-state index is 12.1. The van der Waals surface area contributed by atoms with Crippen LogP contribution >= 0.6 is 12.4 Å².